The summed E-state index contributed by atoms with van der Waals surface area (Å²) in [6.07, 6.45) is 0. The highest BCUT2D eigenvalue weighted by atomic mass is 79.9. The Bertz CT molecular complexity index is 752. The van der Waals surface area contributed by atoms with Crippen LogP contribution in [0.1, 0.15) is 11.6 Å². The lowest BCUT2D eigenvalue weighted by molar-refractivity contribution is 0.277. The van der Waals surface area contributed by atoms with E-state index in [0.717, 1.165) is 15.7 Å². The highest BCUT2D eigenvalue weighted by molar-refractivity contribution is 9.10. The molecule has 0 saturated carbocycles. The number of benzene rings is 3. The van der Waals surface area contributed by atoms with E-state index < -0.39 is 0 Å². The van der Waals surface area contributed by atoms with Crippen LogP contribution in [-0.2, 0) is 0 Å². The van der Waals surface area contributed by atoms with E-state index in [9.17, 15) is 5.11 Å². The van der Waals surface area contributed by atoms with Crippen LogP contribution in [-0.4, -0.2) is 11.7 Å². The van der Waals surface area contributed by atoms with Crippen molar-refractivity contribution in [1.29, 1.82) is 0 Å². The number of aliphatic hydroxyl groups is 1. The van der Waals surface area contributed by atoms with E-state index in [0.29, 0.717) is 0 Å². The summed E-state index contributed by atoms with van der Waals surface area (Å²) < 4.78 is 1.02. The summed E-state index contributed by atoms with van der Waals surface area (Å²) in [7, 11) is 0. The van der Waals surface area contributed by atoms with E-state index in [2.05, 4.69) is 45.5 Å². The number of anilines is 1. The molecule has 106 valence electrons. The largest absolute Gasteiger partial charge is 0.394 e. The van der Waals surface area contributed by atoms with E-state index in [1.165, 1.54) is 10.8 Å². The molecule has 2 nitrogen and oxygen atoms in total. The van der Waals surface area contributed by atoms with Crippen molar-refractivity contribution in [2.24, 2.45) is 0 Å². The molecule has 0 aliphatic rings. The number of aliphatic hydroxyl groups excluding tert-OH is 1. The summed E-state index contributed by atoms with van der Waals surface area (Å²) in [6, 6.07) is 22.3. The second-order valence-corrected chi connectivity index (χ2v) is 5.87. The Morgan fingerprint density at radius 2 is 1.71 bits per heavy atom. The van der Waals surface area contributed by atoms with Gasteiger partial charge in [0.2, 0.25) is 0 Å². The molecule has 3 rings (SSSR count). The standard InChI is InChI=1S/C18H16BrNO/c19-14-7-4-8-15(11-14)20-18(12-21)17-10-3-6-13-5-1-2-9-16(13)17/h1-11,18,20-21H,12H2. The highest BCUT2D eigenvalue weighted by Crippen LogP contribution is 2.27. The van der Waals surface area contributed by atoms with Gasteiger partial charge in [-0.2, -0.15) is 0 Å². The van der Waals surface area contributed by atoms with Crippen molar-refractivity contribution in [3.63, 3.8) is 0 Å². The van der Waals surface area contributed by atoms with E-state index in [1.54, 1.807) is 0 Å². The van der Waals surface area contributed by atoms with Gasteiger partial charge in [0, 0.05) is 10.2 Å². The molecular formula is C18H16BrNO. The van der Waals surface area contributed by atoms with Crippen LogP contribution in [0.4, 0.5) is 5.69 Å². The van der Waals surface area contributed by atoms with Crippen LogP contribution >= 0.6 is 15.9 Å². The second-order valence-electron chi connectivity index (χ2n) is 4.96. The second kappa shape index (κ2) is 6.29. The molecule has 3 heteroatoms. The third-order valence-corrected chi connectivity index (χ3v) is 4.04. The normalized spacial score (nSPS) is 12.3. The van der Waals surface area contributed by atoms with Gasteiger partial charge in [0.1, 0.15) is 0 Å². The molecule has 0 amide bonds. The molecule has 0 saturated heterocycles. The van der Waals surface area contributed by atoms with E-state index >= 15 is 0 Å². The van der Waals surface area contributed by atoms with Gasteiger partial charge in [-0.15, -0.1) is 0 Å². The first-order valence-electron chi connectivity index (χ1n) is 6.88. The van der Waals surface area contributed by atoms with Gasteiger partial charge >= 0.3 is 0 Å². The molecular weight excluding hydrogens is 326 g/mol. The minimum atomic E-state index is -0.134. The molecule has 0 radical (unpaired) electrons. The molecule has 0 aliphatic carbocycles. The van der Waals surface area contributed by atoms with Crippen LogP contribution in [0.15, 0.2) is 71.2 Å². The van der Waals surface area contributed by atoms with Crippen molar-refractivity contribution in [2.45, 2.75) is 6.04 Å². The Hall–Kier alpha value is -1.84. The predicted octanol–water partition coefficient (Wildman–Crippen LogP) is 4.75. The summed E-state index contributed by atoms with van der Waals surface area (Å²) in [5, 5.41) is 15.5. The van der Waals surface area contributed by atoms with E-state index in [1.807, 2.05) is 42.5 Å². The molecule has 0 bridgehead atoms. The fourth-order valence-corrected chi connectivity index (χ4v) is 2.95. The number of hydrogen-bond acceptors (Lipinski definition) is 2. The molecule has 0 aromatic heterocycles. The molecule has 21 heavy (non-hydrogen) atoms. The van der Waals surface area contributed by atoms with Crippen LogP contribution in [0, 0.1) is 0 Å². The van der Waals surface area contributed by atoms with E-state index in [-0.39, 0.29) is 12.6 Å². The maximum atomic E-state index is 9.80. The predicted molar refractivity (Wildman–Crippen MR) is 91.5 cm³/mol. The lowest BCUT2D eigenvalue weighted by Crippen LogP contribution is -2.15. The molecule has 3 aromatic rings. The Morgan fingerprint density at radius 3 is 2.52 bits per heavy atom. The van der Waals surface area contributed by atoms with Crippen LogP contribution in [0.25, 0.3) is 10.8 Å². The minimum absolute atomic E-state index is 0.0422. The minimum Gasteiger partial charge on any atom is -0.394 e. The fourth-order valence-electron chi connectivity index (χ4n) is 2.56. The maximum Gasteiger partial charge on any atom is 0.0751 e. The number of hydrogen-bond donors (Lipinski definition) is 2. The summed E-state index contributed by atoms with van der Waals surface area (Å²) in [5.41, 5.74) is 2.09. The number of rotatable bonds is 4. The van der Waals surface area contributed by atoms with Crippen molar-refractivity contribution in [3.05, 3.63) is 76.8 Å². The van der Waals surface area contributed by atoms with Gasteiger partial charge in [-0.05, 0) is 34.5 Å². The first-order valence-corrected chi connectivity index (χ1v) is 7.68. The zero-order valence-corrected chi connectivity index (χ0v) is 13.0. The third kappa shape index (κ3) is 3.09. The van der Waals surface area contributed by atoms with E-state index in [4.69, 9.17) is 0 Å². The van der Waals surface area contributed by atoms with Crippen LogP contribution in [0.3, 0.4) is 0 Å². The molecule has 1 atom stereocenters. The molecule has 0 fully saturated rings. The Kier molecular flexibility index (Phi) is 4.23. The summed E-state index contributed by atoms with van der Waals surface area (Å²) in [4.78, 5) is 0. The number of nitrogens with one attached hydrogen (secondary N) is 1. The monoisotopic (exact) mass is 341 g/mol. The van der Waals surface area contributed by atoms with Gasteiger partial charge in [0.05, 0.1) is 12.6 Å². The number of fused-ring (bicyclic) bond motifs is 1. The van der Waals surface area contributed by atoms with Crippen molar-refractivity contribution < 1.29 is 5.11 Å². The van der Waals surface area contributed by atoms with Gasteiger partial charge in [-0.3, -0.25) is 0 Å². The van der Waals surface area contributed by atoms with Gasteiger partial charge in [-0.25, -0.2) is 0 Å². The molecule has 2 N–H and O–H groups in total. The molecule has 0 heterocycles. The molecule has 0 aliphatic heterocycles. The van der Waals surface area contributed by atoms with Gasteiger partial charge < -0.3 is 10.4 Å². The third-order valence-electron chi connectivity index (χ3n) is 3.55. The molecule has 0 spiro atoms. The molecule has 3 aromatic carbocycles. The Labute approximate surface area is 132 Å². The van der Waals surface area contributed by atoms with Crippen LogP contribution in [0.5, 0.6) is 0 Å². The van der Waals surface area contributed by atoms with Crippen LogP contribution in [0.2, 0.25) is 0 Å². The Morgan fingerprint density at radius 1 is 0.952 bits per heavy atom. The first kappa shape index (κ1) is 14.1. The summed E-state index contributed by atoms with van der Waals surface area (Å²) in [6.45, 7) is 0.0422. The van der Waals surface area contributed by atoms with Crippen molar-refractivity contribution in [3.8, 4) is 0 Å². The SMILES string of the molecule is OCC(Nc1cccc(Br)c1)c1cccc2ccccc12. The van der Waals surface area contributed by atoms with Crippen molar-refractivity contribution >= 4 is 32.4 Å². The van der Waals surface area contributed by atoms with Crippen molar-refractivity contribution in [2.75, 3.05) is 11.9 Å². The average Bonchev–Trinajstić information content (AvgIpc) is 2.52. The Balaban J connectivity index is 1.98. The summed E-state index contributed by atoms with van der Waals surface area (Å²) in [5.74, 6) is 0. The average molecular weight is 342 g/mol. The van der Waals surface area contributed by atoms with Crippen molar-refractivity contribution in [1.82, 2.24) is 0 Å². The van der Waals surface area contributed by atoms with Gasteiger partial charge in [0.15, 0.2) is 0 Å². The zero-order chi connectivity index (χ0) is 14.7. The topological polar surface area (TPSA) is 32.3 Å². The fraction of sp³-hybridized carbons (Fsp3) is 0.111. The molecule has 1 unspecified atom stereocenters. The van der Waals surface area contributed by atoms with Gasteiger partial charge in [0.25, 0.3) is 0 Å². The lowest BCUT2D eigenvalue weighted by Gasteiger charge is -2.20. The quantitative estimate of drug-likeness (QED) is 0.717. The first-order chi connectivity index (χ1) is 10.3. The lowest BCUT2D eigenvalue weighted by atomic mass is 9.99. The summed E-state index contributed by atoms with van der Waals surface area (Å²) >= 11 is 3.47. The maximum absolute atomic E-state index is 9.80. The number of halogens is 1. The zero-order valence-electron chi connectivity index (χ0n) is 11.5. The smallest absolute Gasteiger partial charge is 0.0751 e. The van der Waals surface area contributed by atoms with Gasteiger partial charge in [-0.1, -0.05) is 64.5 Å². The highest BCUT2D eigenvalue weighted by Gasteiger charge is 2.13. The van der Waals surface area contributed by atoms with Crippen LogP contribution < -0.4 is 5.32 Å².